The Kier molecular flexibility index (Phi) is 9.25. The molecule has 0 heterocycles. The summed E-state index contributed by atoms with van der Waals surface area (Å²) in [7, 11) is -3.86. The summed E-state index contributed by atoms with van der Waals surface area (Å²) in [6.07, 6.45) is 0.962. The molecule has 1 unspecified atom stereocenters. The molecule has 10 heteroatoms. The highest BCUT2D eigenvalue weighted by Gasteiger charge is 2.30. The first kappa shape index (κ1) is 26.6. The van der Waals surface area contributed by atoms with Crippen molar-refractivity contribution in [3.8, 4) is 0 Å². The van der Waals surface area contributed by atoms with Crippen molar-refractivity contribution in [1.82, 2.24) is 10.2 Å². The van der Waals surface area contributed by atoms with Crippen molar-refractivity contribution in [2.24, 2.45) is 5.92 Å². The van der Waals surface area contributed by atoms with Crippen LogP contribution in [0, 0.1) is 11.7 Å². The standard InChI is InChI=1S/C23H29ClFN3O4S/c1-16(2)13-26-23(30)17(3)27(14-18-6-5-7-19(24)12-18)22(29)15-28(33(4,31)32)21-10-8-20(25)9-11-21/h5-12,16-17H,13-15H2,1-4H3,(H,26,30). The zero-order chi connectivity index (χ0) is 24.8. The van der Waals surface area contributed by atoms with Crippen molar-refractivity contribution < 1.29 is 22.4 Å². The molecule has 0 aliphatic heterocycles. The van der Waals surface area contributed by atoms with E-state index in [1.807, 2.05) is 13.8 Å². The highest BCUT2D eigenvalue weighted by molar-refractivity contribution is 7.92. The number of sulfonamides is 1. The number of hydrogen-bond donors (Lipinski definition) is 1. The van der Waals surface area contributed by atoms with E-state index in [0.29, 0.717) is 17.1 Å². The average Bonchev–Trinajstić information content (AvgIpc) is 2.73. The number of anilines is 1. The largest absolute Gasteiger partial charge is 0.354 e. The predicted molar refractivity (Wildman–Crippen MR) is 128 cm³/mol. The fourth-order valence-corrected chi connectivity index (χ4v) is 4.15. The number of amides is 2. The average molecular weight is 498 g/mol. The molecule has 2 amide bonds. The minimum absolute atomic E-state index is 0.0523. The van der Waals surface area contributed by atoms with E-state index in [-0.39, 0.29) is 24.1 Å². The predicted octanol–water partition coefficient (Wildman–Crippen LogP) is 3.43. The second-order valence-electron chi connectivity index (χ2n) is 8.21. The van der Waals surface area contributed by atoms with Gasteiger partial charge < -0.3 is 10.2 Å². The Balaban J connectivity index is 2.35. The van der Waals surface area contributed by atoms with Gasteiger partial charge in [-0.05, 0) is 54.8 Å². The van der Waals surface area contributed by atoms with Gasteiger partial charge in [0.05, 0.1) is 11.9 Å². The van der Waals surface area contributed by atoms with Crippen molar-refractivity contribution in [2.75, 3.05) is 23.7 Å². The molecule has 0 aliphatic carbocycles. The van der Waals surface area contributed by atoms with Gasteiger partial charge in [-0.25, -0.2) is 12.8 Å². The lowest BCUT2D eigenvalue weighted by Crippen LogP contribution is -2.51. The Labute approximate surface area is 199 Å². The van der Waals surface area contributed by atoms with Gasteiger partial charge in [-0.2, -0.15) is 0 Å². The summed E-state index contributed by atoms with van der Waals surface area (Å²) in [5, 5.41) is 3.28. The molecule has 0 aromatic heterocycles. The van der Waals surface area contributed by atoms with Crippen molar-refractivity contribution >= 4 is 39.1 Å². The monoisotopic (exact) mass is 497 g/mol. The lowest BCUT2D eigenvalue weighted by Gasteiger charge is -2.31. The van der Waals surface area contributed by atoms with Crippen molar-refractivity contribution in [2.45, 2.75) is 33.4 Å². The Morgan fingerprint density at radius 1 is 1.09 bits per heavy atom. The lowest BCUT2D eigenvalue weighted by molar-refractivity contribution is -0.139. The van der Waals surface area contributed by atoms with Crippen LogP contribution in [0.25, 0.3) is 0 Å². The van der Waals surface area contributed by atoms with E-state index in [2.05, 4.69) is 5.32 Å². The normalized spacial score (nSPS) is 12.3. The van der Waals surface area contributed by atoms with Crippen molar-refractivity contribution in [1.29, 1.82) is 0 Å². The Morgan fingerprint density at radius 2 is 1.73 bits per heavy atom. The molecule has 33 heavy (non-hydrogen) atoms. The Hall–Kier alpha value is -2.65. The first-order valence-corrected chi connectivity index (χ1v) is 12.7. The minimum Gasteiger partial charge on any atom is -0.354 e. The summed E-state index contributed by atoms with van der Waals surface area (Å²) >= 11 is 6.07. The molecular formula is C23H29ClFN3O4S. The van der Waals surface area contributed by atoms with Gasteiger partial charge in [0.25, 0.3) is 0 Å². The van der Waals surface area contributed by atoms with Crippen LogP contribution in [-0.4, -0.2) is 50.5 Å². The van der Waals surface area contributed by atoms with E-state index in [9.17, 15) is 22.4 Å². The first-order valence-electron chi connectivity index (χ1n) is 10.4. The smallest absolute Gasteiger partial charge is 0.244 e. The molecule has 2 aromatic carbocycles. The summed E-state index contributed by atoms with van der Waals surface area (Å²) < 4.78 is 39.1. The molecule has 180 valence electrons. The zero-order valence-electron chi connectivity index (χ0n) is 19.1. The van der Waals surface area contributed by atoms with Gasteiger partial charge in [0.1, 0.15) is 18.4 Å². The minimum atomic E-state index is -3.86. The topological polar surface area (TPSA) is 86.8 Å². The molecule has 0 saturated carbocycles. The fourth-order valence-electron chi connectivity index (χ4n) is 3.09. The molecule has 7 nitrogen and oxygen atoms in total. The molecule has 0 radical (unpaired) electrons. The number of benzene rings is 2. The number of carbonyl (C=O) groups excluding carboxylic acids is 2. The number of carbonyl (C=O) groups is 2. The number of nitrogens with one attached hydrogen (secondary N) is 1. The van der Waals surface area contributed by atoms with E-state index in [0.717, 1.165) is 22.7 Å². The summed E-state index contributed by atoms with van der Waals surface area (Å²) in [5.41, 5.74) is 0.832. The molecule has 2 rings (SSSR count). The summed E-state index contributed by atoms with van der Waals surface area (Å²) in [5.74, 6) is -1.25. The van der Waals surface area contributed by atoms with E-state index >= 15 is 0 Å². The second kappa shape index (κ2) is 11.5. The van der Waals surface area contributed by atoms with Crippen molar-refractivity contribution in [3.05, 3.63) is 64.9 Å². The fraction of sp³-hybridized carbons (Fsp3) is 0.391. The number of rotatable bonds is 10. The first-order chi connectivity index (χ1) is 15.4. The summed E-state index contributed by atoms with van der Waals surface area (Å²) in [6, 6.07) is 10.8. The van der Waals surface area contributed by atoms with Gasteiger partial charge in [-0.15, -0.1) is 0 Å². The van der Waals surface area contributed by atoms with E-state index in [1.165, 1.54) is 17.0 Å². The van der Waals surface area contributed by atoms with Crippen LogP contribution in [0.4, 0.5) is 10.1 Å². The molecule has 1 N–H and O–H groups in total. The lowest BCUT2D eigenvalue weighted by atomic mass is 10.1. The Bertz CT molecular complexity index is 1080. The third-order valence-corrected chi connectivity index (χ3v) is 6.26. The van der Waals surface area contributed by atoms with Gasteiger partial charge >= 0.3 is 0 Å². The second-order valence-corrected chi connectivity index (χ2v) is 10.6. The van der Waals surface area contributed by atoms with Crippen LogP contribution in [0.1, 0.15) is 26.3 Å². The summed E-state index contributed by atoms with van der Waals surface area (Å²) in [6.45, 7) is 5.43. The van der Waals surface area contributed by atoms with E-state index in [1.54, 1.807) is 31.2 Å². The maximum Gasteiger partial charge on any atom is 0.244 e. The number of nitrogens with zero attached hydrogens (tertiary/aromatic N) is 2. The molecule has 0 bridgehead atoms. The molecule has 2 aromatic rings. The van der Waals surface area contributed by atoms with Crippen LogP contribution in [0.5, 0.6) is 0 Å². The van der Waals surface area contributed by atoms with Gasteiger partial charge in [-0.1, -0.05) is 37.6 Å². The van der Waals surface area contributed by atoms with E-state index in [4.69, 9.17) is 11.6 Å². The van der Waals surface area contributed by atoms with Gasteiger partial charge in [0, 0.05) is 18.1 Å². The van der Waals surface area contributed by atoms with Crippen LogP contribution >= 0.6 is 11.6 Å². The summed E-state index contributed by atoms with van der Waals surface area (Å²) in [4.78, 5) is 27.4. The van der Waals surface area contributed by atoms with Crippen molar-refractivity contribution in [3.63, 3.8) is 0 Å². The molecular weight excluding hydrogens is 469 g/mol. The van der Waals surface area contributed by atoms with Gasteiger partial charge in [0.15, 0.2) is 0 Å². The maximum absolute atomic E-state index is 13.3. The third-order valence-electron chi connectivity index (χ3n) is 4.89. The third kappa shape index (κ3) is 8.01. The maximum atomic E-state index is 13.3. The molecule has 1 atom stereocenters. The SMILES string of the molecule is CC(C)CNC(=O)C(C)N(Cc1cccc(Cl)c1)C(=O)CN(c1ccc(F)cc1)S(C)(=O)=O. The van der Waals surface area contributed by atoms with E-state index < -0.39 is 34.3 Å². The number of hydrogen-bond acceptors (Lipinski definition) is 4. The van der Waals surface area contributed by atoms with Crippen LogP contribution in [0.15, 0.2) is 48.5 Å². The van der Waals surface area contributed by atoms with Gasteiger partial charge in [-0.3, -0.25) is 13.9 Å². The molecule has 0 fully saturated rings. The molecule has 0 spiro atoms. The van der Waals surface area contributed by atoms with Gasteiger partial charge in [0.2, 0.25) is 21.8 Å². The quantitative estimate of drug-likeness (QED) is 0.544. The number of halogens is 2. The highest BCUT2D eigenvalue weighted by Crippen LogP contribution is 2.20. The molecule has 0 saturated heterocycles. The van der Waals surface area contributed by atoms with Crippen LogP contribution < -0.4 is 9.62 Å². The Morgan fingerprint density at radius 3 is 2.27 bits per heavy atom. The highest BCUT2D eigenvalue weighted by atomic mass is 35.5. The van der Waals surface area contributed by atoms with Crippen LogP contribution in [0.2, 0.25) is 5.02 Å². The van der Waals surface area contributed by atoms with Crippen LogP contribution in [-0.2, 0) is 26.2 Å². The van der Waals surface area contributed by atoms with Crippen LogP contribution in [0.3, 0.4) is 0 Å². The molecule has 0 aliphatic rings. The zero-order valence-corrected chi connectivity index (χ0v) is 20.7.